The first-order valence-corrected chi connectivity index (χ1v) is 7.35. The molecule has 1 aliphatic heterocycles. The largest absolute Gasteiger partial charge is 0.300 e. The normalized spacial score (nSPS) is 24.0. The lowest BCUT2D eigenvalue weighted by atomic mass is 9.98. The SMILES string of the molecule is CCCC1CCCCN1CCSCC. The van der Waals surface area contributed by atoms with Gasteiger partial charge in [0.1, 0.15) is 0 Å². The molecule has 1 saturated heterocycles. The van der Waals surface area contributed by atoms with E-state index in [9.17, 15) is 0 Å². The second-order valence-corrected chi connectivity index (χ2v) is 5.57. The van der Waals surface area contributed by atoms with Crippen molar-refractivity contribution in [3.05, 3.63) is 0 Å². The van der Waals surface area contributed by atoms with E-state index in [1.54, 1.807) is 0 Å². The van der Waals surface area contributed by atoms with Crippen molar-refractivity contribution in [3.63, 3.8) is 0 Å². The van der Waals surface area contributed by atoms with E-state index in [4.69, 9.17) is 0 Å². The van der Waals surface area contributed by atoms with Gasteiger partial charge in [-0.15, -0.1) is 0 Å². The fourth-order valence-corrected chi connectivity index (χ4v) is 2.99. The average Bonchev–Trinajstić information content (AvgIpc) is 2.21. The summed E-state index contributed by atoms with van der Waals surface area (Å²) in [6.07, 6.45) is 7.10. The number of nitrogens with zero attached hydrogens (tertiary/aromatic N) is 1. The van der Waals surface area contributed by atoms with E-state index in [0.717, 1.165) is 6.04 Å². The zero-order chi connectivity index (χ0) is 10.2. The number of hydrogen-bond donors (Lipinski definition) is 0. The zero-order valence-electron chi connectivity index (χ0n) is 9.80. The lowest BCUT2D eigenvalue weighted by Crippen LogP contribution is -2.40. The van der Waals surface area contributed by atoms with Gasteiger partial charge in [-0.05, 0) is 31.6 Å². The number of rotatable bonds is 6. The molecule has 2 heteroatoms. The molecule has 14 heavy (non-hydrogen) atoms. The van der Waals surface area contributed by atoms with Crippen LogP contribution >= 0.6 is 11.8 Å². The summed E-state index contributed by atoms with van der Waals surface area (Å²) in [5.41, 5.74) is 0. The molecule has 0 bridgehead atoms. The Hall–Kier alpha value is 0.310. The Morgan fingerprint density at radius 3 is 2.86 bits per heavy atom. The van der Waals surface area contributed by atoms with E-state index in [-0.39, 0.29) is 0 Å². The maximum atomic E-state index is 2.73. The molecule has 1 rings (SSSR count). The molecule has 1 atom stereocenters. The van der Waals surface area contributed by atoms with Crippen LogP contribution in [0.25, 0.3) is 0 Å². The van der Waals surface area contributed by atoms with Crippen LogP contribution in [0.2, 0.25) is 0 Å². The number of piperidine rings is 1. The summed E-state index contributed by atoms with van der Waals surface area (Å²) in [7, 11) is 0. The van der Waals surface area contributed by atoms with Gasteiger partial charge in [0.15, 0.2) is 0 Å². The highest BCUT2D eigenvalue weighted by atomic mass is 32.2. The molecule has 0 amide bonds. The predicted molar refractivity (Wildman–Crippen MR) is 67.1 cm³/mol. The molecule has 1 nitrogen and oxygen atoms in total. The van der Waals surface area contributed by atoms with Crippen LogP contribution in [0.3, 0.4) is 0 Å². The zero-order valence-corrected chi connectivity index (χ0v) is 10.6. The smallest absolute Gasteiger partial charge is 0.00955 e. The minimum absolute atomic E-state index is 0.909. The first-order valence-electron chi connectivity index (χ1n) is 6.20. The van der Waals surface area contributed by atoms with Crippen LogP contribution in [0.5, 0.6) is 0 Å². The van der Waals surface area contributed by atoms with Gasteiger partial charge in [0.05, 0.1) is 0 Å². The van der Waals surface area contributed by atoms with E-state index >= 15 is 0 Å². The lowest BCUT2D eigenvalue weighted by molar-refractivity contribution is 0.149. The Morgan fingerprint density at radius 1 is 1.29 bits per heavy atom. The summed E-state index contributed by atoms with van der Waals surface area (Å²) in [6, 6.07) is 0.909. The van der Waals surface area contributed by atoms with Crippen LogP contribution in [-0.4, -0.2) is 35.5 Å². The molecule has 0 aromatic rings. The van der Waals surface area contributed by atoms with Gasteiger partial charge < -0.3 is 0 Å². The van der Waals surface area contributed by atoms with Crippen molar-refractivity contribution in [2.45, 2.75) is 52.0 Å². The number of thioether (sulfide) groups is 1. The Kier molecular flexibility index (Phi) is 6.70. The third-order valence-electron chi connectivity index (χ3n) is 3.10. The van der Waals surface area contributed by atoms with Crippen molar-refractivity contribution in [3.8, 4) is 0 Å². The highest BCUT2D eigenvalue weighted by Gasteiger charge is 2.20. The van der Waals surface area contributed by atoms with Crippen LogP contribution in [0.15, 0.2) is 0 Å². The maximum absolute atomic E-state index is 2.73. The Balaban J connectivity index is 2.22. The van der Waals surface area contributed by atoms with Gasteiger partial charge in [0.25, 0.3) is 0 Å². The van der Waals surface area contributed by atoms with Gasteiger partial charge in [0, 0.05) is 18.3 Å². The summed E-state index contributed by atoms with van der Waals surface area (Å²) < 4.78 is 0. The molecule has 0 aromatic carbocycles. The third-order valence-corrected chi connectivity index (χ3v) is 3.98. The van der Waals surface area contributed by atoms with E-state index in [1.165, 1.54) is 56.7 Å². The summed E-state index contributed by atoms with van der Waals surface area (Å²) in [5, 5.41) is 0. The monoisotopic (exact) mass is 215 g/mol. The summed E-state index contributed by atoms with van der Waals surface area (Å²) in [4.78, 5) is 2.73. The molecule has 1 heterocycles. The Bertz CT molecular complexity index is 136. The molecular formula is C12H25NS. The fraction of sp³-hybridized carbons (Fsp3) is 1.00. The minimum atomic E-state index is 0.909. The second-order valence-electron chi connectivity index (χ2n) is 4.17. The fourth-order valence-electron chi connectivity index (χ4n) is 2.34. The molecule has 0 saturated carbocycles. The molecule has 1 fully saturated rings. The Labute approximate surface area is 93.6 Å². The summed E-state index contributed by atoms with van der Waals surface area (Å²) in [6.45, 7) is 7.25. The van der Waals surface area contributed by atoms with Crippen LogP contribution in [0.4, 0.5) is 0 Å². The third kappa shape index (κ3) is 4.22. The molecule has 1 aliphatic rings. The molecular weight excluding hydrogens is 190 g/mol. The van der Waals surface area contributed by atoms with Crippen LogP contribution in [0.1, 0.15) is 46.0 Å². The van der Waals surface area contributed by atoms with Crippen molar-refractivity contribution in [2.24, 2.45) is 0 Å². The van der Waals surface area contributed by atoms with Gasteiger partial charge in [-0.3, -0.25) is 4.90 Å². The van der Waals surface area contributed by atoms with Gasteiger partial charge in [-0.2, -0.15) is 11.8 Å². The van der Waals surface area contributed by atoms with Crippen molar-refractivity contribution in [1.29, 1.82) is 0 Å². The number of likely N-dealkylation sites (tertiary alicyclic amines) is 1. The standard InChI is InChI=1S/C12H25NS/c1-3-7-12-8-5-6-9-13(12)10-11-14-4-2/h12H,3-11H2,1-2H3. The molecule has 84 valence electrons. The van der Waals surface area contributed by atoms with Gasteiger partial charge >= 0.3 is 0 Å². The first-order chi connectivity index (χ1) is 6.88. The van der Waals surface area contributed by atoms with E-state index in [2.05, 4.69) is 30.5 Å². The summed E-state index contributed by atoms with van der Waals surface area (Å²) in [5.74, 6) is 2.60. The molecule has 0 spiro atoms. The molecule has 1 unspecified atom stereocenters. The lowest BCUT2D eigenvalue weighted by Gasteiger charge is -2.35. The molecule has 0 N–H and O–H groups in total. The minimum Gasteiger partial charge on any atom is -0.300 e. The van der Waals surface area contributed by atoms with Crippen LogP contribution in [-0.2, 0) is 0 Å². The topological polar surface area (TPSA) is 3.24 Å². The van der Waals surface area contributed by atoms with E-state index in [0.29, 0.717) is 0 Å². The second kappa shape index (κ2) is 7.58. The van der Waals surface area contributed by atoms with Crippen molar-refractivity contribution in [2.75, 3.05) is 24.6 Å². The molecule has 0 aliphatic carbocycles. The summed E-state index contributed by atoms with van der Waals surface area (Å²) >= 11 is 2.08. The van der Waals surface area contributed by atoms with Crippen molar-refractivity contribution < 1.29 is 0 Å². The maximum Gasteiger partial charge on any atom is 0.00955 e. The quantitative estimate of drug-likeness (QED) is 0.625. The van der Waals surface area contributed by atoms with Gasteiger partial charge in [0.2, 0.25) is 0 Å². The van der Waals surface area contributed by atoms with Gasteiger partial charge in [-0.1, -0.05) is 26.7 Å². The van der Waals surface area contributed by atoms with Gasteiger partial charge in [-0.25, -0.2) is 0 Å². The van der Waals surface area contributed by atoms with Crippen LogP contribution in [0, 0.1) is 0 Å². The average molecular weight is 215 g/mol. The van der Waals surface area contributed by atoms with E-state index in [1.807, 2.05) is 0 Å². The van der Waals surface area contributed by atoms with Crippen molar-refractivity contribution in [1.82, 2.24) is 4.90 Å². The molecule has 0 aromatic heterocycles. The van der Waals surface area contributed by atoms with Crippen LogP contribution < -0.4 is 0 Å². The first kappa shape index (κ1) is 12.4. The van der Waals surface area contributed by atoms with E-state index < -0.39 is 0 Å². The highest BCUT2D eigenvalue weighted by molar-refractivity contribution is 7.99. The number of hydrogen-bond acceptors (Lipinski definition) is 2. The highest BCUT2D eigenvalue weighted by Crippen LogP contribution is 2.20. The molecule has 0 radical (unpaired) electrons. The Morgan fingerprint density at radius 2 is 2.14 bits per heavy atom. The van der Waals surface area contributed by atoms with Crippen molar-refractivity contribution >= 4 is 11.8 Å². The predicted octanol–water partition coefficient (Wildman–Crippen LogP) is 3.39.